The molecule has 2 aromatic rings. The first kappa shape index (κ1) is 22.4. The van der Waals surface area contributed by atoms with Crippen molar-refractivity contribution in [2.75, 3.05) is 32.5 Å². The Morgan fingerprint density at radius 3 is 2.36 bits per heavy atom. The van der Waals surface area contributed by atoms with Crippen molar-refractivity contribution < 1.29 is 13.2 Å². The molecule has 0 unspecified atom stereocenters. The van der Waals surface area contributed by atoms with Crippen molar-refractivity contribution in [1.29, 1.82) is 0 Å². The van der Waals surface area contributed by atoms with Crippen LogP contribution in [0.25, 0.3) is 0 Å². The normalized spacial score (nSPS) is 11.8. The Labute approximate surface area is 172 Å². The second-order valence-corrected chi connectivity index (χ2v) is 9.08. The van der Waals surface area contributed by atoms with Crippen molar-refractivity contribution >= 4 is 33.2 Å². The number of sulfonamides is 1. The number of carbonyl (C=O) groups excluding carboxylic acids is 1. The average molecular weight is 424 g/mol. The monoisotopic (exact) mass is 423 g/mol. The summed E-state index contributed by atoms with van der Waals surface area (Å²) in [5.74, 6) is -0.396. The van der Waals surface area contributed by atoms with Gasteiger partial charge in [0.1, 0.15) is 4.90 Å². The summed E-state index contributed by atoms with van der Waals surface area (Å²) in [4.78, 5) is 14.8. The second kappa shape index (κ2) is 9.52. The first-order chi connectivity index (χ1) is 13.2. The van der Waals surface area contributed by atoms with Crippen molar-refractivity contribution in [3.63, 3.8) is 0 Å². The minimum atomic E-state index is -3.75. The number of hydrogen-bond donors (Lipinski definition) is 1. The highest BCUT2D eigenvalue weighted by Gasteiger charge is 2.22. The zero-order valence-corrected chi connectivity index (χ0v) is 18.1. The minimum Gasteiger partial charge on any atom is -0.322 e. The van der Waals surface area contributed by atoms with Gasteiger partial charge in [0.15, 0.2) is 0 Å². The highest BCUT2D eigenvalue weighted by molar-refractivity contribution is 7.89. The van der Waals surface area contributed by atoms with Gasteiger partial charge in [-0.05, 0) is 49.0 Å². The number of nitrogens with zero attached hydrogens (tertiary/aromatic N) is 2. The molecule has 2 rings (SSSR count). The summed E-state index contributed by atoms with van der Waals surface area (Å²) in [7, 11) is -0.914. The van der Waals surface area contributed by atoms with E-state index < -0.39 is 15.9 Å². The van der Waals surface area contributed by atoms with Gasteiger partial charge in [-0.3, -0.25) is 9.69 Å². The lowest BCUT2D eigenvalue weighted by molar-refractivity contribution is 0.102. The van der Waals surface area contributed by atoms with E-state index in [-0.39, 0.29) is 15.5 Å². The Morgan fingerprint density at radius 2 is 1.75 bits per heavy atom. The van der Waals surface area contributed by atoms with Gasteiger partial charge in [-0.25, -0.2) is 12.7 Å². The maximum Gasteiger partial charge on any atom is 0.255 e. The number of hydrogen-bond acceptors (Lipinski definition) is 4. The summed E-state index contributed by atoms with van der Waals surface area (Å²) >= 11 is 6.04. The molecule has 0 saturated carbocycles. The van der Waals surface area contributed by atoms with Crippen LogP contribution in [0.1, 0.15) is 29.8 Å². The Bertz CT molecular complexity index is 941. The number of anilines is 1. The number of benzene rings is 2. The van der Waals surface area contributed by atoms with Crippen LogP contribution in [0, 0.1) is 0 Å². The largest absolute Gasteiger partial charge is 0.322 e. The fourth-order valence-electron chi connectivity index (χ4n) is 2.70. The zero-order valence-electron chi connectivity index (χ0n) is 16.6. The molecule has 0 bridgehead atoms. The molecule has 2 aromatic carbocycles. The van der Waals surface area contributed by atoms with Crippen LogP contribution in [0.15, 0.2) is 47.4 Å². The van der Waals surface area contributed by atoms with E-state index in [1.807, 2.05) is 18.2 Å². The van der Waals surface area contributed by atoms with Gasteiger partial charge in [-0.15, -0.1) is 0 Å². The first-order valence-corrected chi connectivity index (χ1v) is 10.9. The third-order valence-electron chi connectivity index (χ3n) is 4.44. The molecule has 0 aliphatic rings. The molecule has 1 amide bonds. The Hall–Kier alpha value is -1.93. The van der Waals surface area contributed by atoms with E-state index in [1.165, 1.54) is 32.3 Å². The molecule has 152 valence electrons. The van der Waals surface area contributed by atoms with E-state index in [0.717, 1.165) is 29.5 Å². The molecule has 0 aliphatic heterocycles. The summed E-state index contributed by atoms with van der Waals surface area (Å²) < 4.78 is 25.9. The molecule has 0 spiro atoms. The fourth-order valence-corrected chi connectivity index (χ4v) is 4.09. The van der Waals surface area contributed by atoms with Gasteiger partial charge >= 0.3 is 0 Å². The third kappa shape index (κ3) is 5.32. The van der Waals surface area contributed by atoms with Crippen LogP contribution in [-0.2, 0) is 16.6 Å². The van der Waals surface area contributed by atoms with Crippen molar-refractivity contribution in [2.24, 2.45) is 0 Å². The number of amides is 1. The Balaban J connectivity index is 2.24. The van der Waals surface area contributed by atoms with Crippen LogP contribution >= 0.6 is 11.6 Å². The molecule has 1 N–H and O–H groups in total. The molecular weight excluding hydrogens is 398 g/mol. The van der Waals surface area contributed by atoms with E-state index in [2.05, 4.69) is 24.1 Å². The highest BCUT2D eigenvalue weighted by atomic mass is 35.5. The van der Waals surface area contributed by atoms with Gasteiger partial charge in [0, 0.05) is 31.9 Å². The van der Waals surface area contributed by atoms with Gasteiger partial charge in [-0.1, -0.05) is 37.6 Å². The molecular formula is C20H26ClN3O3S. The van der Waals surface area contributed by atoms with Gasteiger partial charge in [0.05, 0.1) is 5.02 Å². The lowest BCUT2D eigenvalue weighted by Crippen LogP contribution is -2.23. The van der Waals surface area contributed by atoms with Gasteiger partial charge < -0.3 is 5.32 Å². The van der Waals surface area contributed by atoms with Crippen LogP contribution in [0.3, 0.4) is 0 Å². The zero-order chi connectivity index (χ0) is 20.9. The number of nitrogens with one attached hydrogen (secondary N) is 1. The van der Waals surface area contributed by atoms with Crippen molar-refractivity contribution in [1.82, 2.24) is 9.21 Å². The molecule has 0 atom stereocenters. The maximum absolute atomic E-state index is 12.6. The van der Waals surface area contributed by atoms with Crippen LogP contribution in [0.2, 0.25) is 5.02 Å². The van der Waals surface area contributed by atoms with E-state index in [4.69, 9.17) is 11.6 Å². The van der Waals surface area contributed by atoms with Crippen LogP contribution in [-0.4, -0.2) is 50.7 Å². The standard InChI is InChI=1S/C20H26ClN3O3S/c1-5-24(6-2)14-15-8-7-9-17(12-15)22-20(25)16-10-11-18(21)19(13-16)28(26,27)23(3)4/h7-13H,5-6,14H2,1-4H3,(H,22,25). The molecule has 0 heterocycles. The molecule has 0 radical (unpaired) electrons. The molecule has 28 heavy (non-hydrogen) atoms. The summed E-state index contributed by atoms with van der Waals surface area (Å²) in [5, 5.41) is 2.90. The van der Waals surface area contributed by atoms with Crippen molar-refractivity contribution in [2.45, 2.75) is 25.3 Å². The SMILES string of the molecule is CCN(CC)Cc1cccc(NC(=O)c2ccc(Cl)c(S(=O)(=O)N(C)C)c2)c1. The molecule has 8 heteroatoms. The van der Waals surface area contributed by atoms with Crippen LogP contribution in [0.5, 0.6) is 0 Å². The smallest absolute Gasteiger partial charge is 0.255 e. The summed E-state index contributed by atoms with van der Waals surface area (Å²) in [6.45, 7) is 6.90. The van der Waals surface area contributed by atoms with Gasteiger partial charge in [0.2, 0.25) is 10.0 Å². The predicted octanol–water partition coefficient (Wildman–Crippen LogP) is 3.68. The topological polar surface area (TPSA) is 69.7 Å². The van der Waals surface area contributed by atoms with Crippen LogP contribution < -0.4 is 5.32 Å². The number of halogens is 1. The van der Waals surface area contributed by atoms with Crippen molar-refractivity contribution in [3.8, 4) is 0 Å². The minimum absolute atomic E-state index is 0.0754. The third-order valence-corrected chi connectivity index (χ3v) is 6.73. The Morgan fingerprint density at radius 1 is 1.07 bits per heavy atom. The average Bonchev–Trinajstić information content (AvgIpc) is 2.66. The molecule has 0 aliphatic carbocycles. The maximum atomic E-state index is 12.6. The first-order valence-electron chi connectivity index (χ1n) is 9.03. The molecule has 6 nitrogen and oxygen atoms in total. The van der Waals surface area contributed by atoms with Gasteiger partial charge in [0.25, 0.3) is 5.91 Å². The van der Waals surface area contributed by atoms with Crippen molar-refractivity contribution in [3.05, 3.63) is 58.6 Å². The highest BCUT2D eigenvalue weighted by Crippen LogP contribution is 2.25. The molecule has 0 fully saturated rings. The van der Waals surface area contributed by atoms with E-state index >= 15 is 0 Å². The predicted molar refractivity (Wildman–Crippen MR) is 113 cm³/mol. The fraction of sp³-hybridized carbons (Fsp3) is 0.350. The van der Waals surface area contributed by atoms with Crippen LogP contribution in [0.4, 0.5) is 5.69 Å². The number of carbonyl (C=O) groups is 1. The summed E-state index contributed by atoms with van der Waals surface area (Å²) in [6.07, 6.45) is 0. The summed E-state index contributed by atoms with van der Waals surface area (Å²) in [5.41, 5.74) is 1.97. The second-order valence-electron chi connectivity index (χ2n) is 6.55. The quantitative estimate of drug-likeness (QED) is 0.703. The van der Waals surface area contributed by atoms with E-state index in [9.17, 15) is 13.2 Å². The van der Waals surface area contributed by atoms with E-state index in [1.54, 1.807) is 6.07 Å². The van der Waals surface area contributed by atoms with Gasteiger partial charge in [-0.2, -0.15) is 0 Å². The lowest BCUT2D eigenvalue weighted by atomic mass is 10.1. The molecule has 0 saturated heterocycles. The lowest BCUT2D eigenvalue weighted by Gasteiger charge is -2.18. The van der Waals surface area contributed by atoms with E-state index in [0.29, 0.717) is 5.69 Å². The molecule has 0 aromatic heterocycles. The Kier molecular flexibility index (Phi) is 7.60. The summed E-state index contributed by atoms with van der Waals surface area (Å²) in [6, 6.07) is 11.8. The number of rotatable bonds is 8.